The molecule has 2 N–H and O–H groups in total. The monoisotopic (exact) mass is 441 g/mol. The molecule has 2 aromatic rings. The van der Waals surface area contributed by atoms with E-state index in [1.165, 1.54) is 0 Å². The summed E-state index contributed by atoms with van der Waals surface area (Å²) < 4.78 is 16.7. The molecule has 0 saturated carbocycles. The number of hydrogen-bond donors (Lipinski definition) is 2. The Labute approximate surface area is 190 Å². The summed E-state index contributed by atoms with van der Waals surface area (Å²) in [6.07, 6.45) is 0. The molecule has 6 heteroatoms. The number of morpholine rings is 1. The van der Waals surface area contributed by atoms with Crippen LogP contribution in [-0.2, 0) is 15.6 Å². The number of ether oxygens (including phenoxy) is 3. The van der Waals surface area contributed by atoms with E-state index < -0.39 is 0 Å². The molecular formula is C26H35NO5. The average Bonchev–Trinajstić information content (AvgIpc) is 3.15. The average molecular weight is 442 g/mol. The van der Waals surface area contributed by atoms with Gasteiger partial charge in [-0.2, -0.15) is 0 Å². The summed E-state index contributed by atoms with van der Waals surface area (Å²) in [5.41, 5.74) is 3.12. The van der Waals surface area contributed by atoms with Crippen molar-refractivity contribution in [2.75, 3.05) is 33.1 Å². The summed E-state index contributed by atoms with van der Waals surface area (Å²) in [6.45, 7) is 15.6. The largest absolute Gasteiger partial charge is 0.507 e. The molecule has 6 nitrogen and oxygen atoms in total. The Kier molecular flexibility index (Phi) is 5.80. The maximum absolute atomic E-state index is 11.2. The van der Waals surface area contributed by atoms with Crippen molar-refractivity contribution in [2.45, 2.75) is 58.4 Å². The standard InChI is InChI=1S/C26H35NO5/c1-25(2,3)18-11-16(12-19(24(18)29)26(4,5)6)23(27-7-9-30-10-8-27)17-13-21-22(14-20(17)28)32-15-31-21/h11-14,23,28-29H,7-10,15H2,1-6H3/t23-/m1/s1. The molecule has 2 heterocycles. The SMILES string of the molecule is CC(C)(C)c1cc([C@H](c2cc3c(cc2O)OCO3)N2CCOCC2)cc(C(C)(C)C)c1O. The van der Waals surface area contributed by atoms with Gasteiger partial charge in [0.1, 0.15) is 11.5 Å². The predicted octanol–water partition coefficient (Wildman–Crippen LogP) is 4.84. The number of aromatic hydroxyl groups is 2. The normalized spacial score (nSPS) is 18.1. The zero-order valence-corrected chi connectivity index (χ0v) is 20.0. The van der Waals surface area contributed by atoms with Crippen molar-refractivity contribution in [3.8, 4) is 23.0 Å². The number of rotatable bonds is 3. The van der Waals surface area contributed by atoms with Crippen LogP contribution in [0.25, 0.3) is 0 Å². The zero-order chi connectivity index (χ0) is 23.3. The Morgan fingerprint density at radius 2 is 1.34 bits per heavy atom. The van der Waals surface area contributed by atoms with Gasteiger partial charge in [0.2, 0.25) is 6.79 Å². The van der Waals surface area contributed by atoms with E-state index >= 15 is 0 Å². The molecule has 0 radical (unpaired) electrons. The Morgan fingerprint density at radius 3 is 1.88 bits per heavy atom. The minimum absolute atomic E-state index is 0.155. The second-order valence-corrected chi connectivity index (χ2v) is 10.8. The molecule has 174 valence electrons. The molecule has 4 rings (SSSR count). The molecule has 0 amide bonds. The van der Waals surface area contributed by atoms with Crippen molar-refractivity contribution in [1.29, 1.82) is 0 Å². The quantitative estimate of drug-likeness (QED) is 0.710. The fourth-order valence-corrected chi connectivity index (χ4v) is 4.55. The first-order valence-corrected chi connectivity index (χ1v) is 11.3. The lowest BCUT2D eigenvalue weighted by atomic mass is 9.77. The summed E-state index contributed by atoms with van der Waals surface area (Å²) in [5.74, 6) is 1.73. The third kappa shape index (κ3) is 4.26. The third-order valence-electron chi connectivity index (χ3n) is 6.29. The highest BCUT2D eigenvalue weighted by atomic mass is 16.7. The van der Waals surface area contributed by atoms with E-state index in [-0.39, 0.29) is 29.4 Å². The number of fused-ring (bicyclic) bond motifs is 1. The van der Waals surface area contributed by atoms with Gasteiger partial charge in [-0.1, -0.05) is 41.5 Å². The van der Waals surface area contributed by atoms with Crippen molar-refractivity contribution in [3.63, 3.8) is 0 Å². The van der Waals surface area contributed by atoms with Gasteiger partial charge in [-0.05, 0) is 45.7 Å². The lowest BCUT2D eigenvalue weighted by molar-refractivity contribution is 0.0235. The second kappa shape index (κ2) is 8.16. The first-order chi connectivity index (χ1) is 15.0. The van der Waals surface area contributed by atoms with E-state index in [1.54, 1.807) is 6.07 Å². The fourth-order valence-electron chi connectivity index (χ4n) is 4.55. The van der Waals surface area contributed by atoms with Crippen LogP contribution in [0.3, 0.4) is 0 Å². The molecule has 1 fully saturated rings. The molecule has 0 bridgehead atoms. The number of phenolic OH excluding ortho intramolecular Hbond substituents is 2. The first kappa shape index (κ1) is 22.7. The first-order valence-electron chi connectivity index (χ1n) is 11.3. The van der Waals surface area contributed by atoms with Crippen molar-refractivity contribution in [1.82, 2.24) is 4.90 Å². The molecular weight excluding hydrogens is 406 g/mol. The Morgan fingerprint density at radius 1 is 0.812 bits per heavy atom. The fraction of sp³-hybridized carbons (Fsp3) is 0.538. The maximum Gasteiger partial charge on any atom is 0.231 e. The van der Waals surface area contributed by atoms with Crippen LogP contribution in [0.15, 0.2) is 24.3 Å². The van der Waals surface area contributed by atoms with E-state index in [1.807, 2.05) is 6.07 Å². The molecule has 0 spiro atoms. The van der Waals surface area contributed by atoms with Crippen LogP contribution in [-0.4, -0.2) is 48.2 Å². The van der Waals surface area contributed by atoms with Crippen LogP contribution >= 0.6 is 0 Å². The summed E-state index contributed by atoms with van der Waals surface area (Å²) in [7, 11) is 0. The van der Waals surface area contributed by atoms with Gasteiger partial charge in [-0.15, -0.1) is 0 Å². The van der Waals surface area contributed by atoms with Gasteiger partial charge in [0, 0.05) is 24.7 Å². The number of nitrogens with zero attached hydrogens (tertiary/aromatic N) is 1. The molecule has 0 aromatic heterocycles. The minimum atomic E-state index is -0.243. The van der Waals surface area contributed by atoms with E-state index in [9.17, 15) is 10.2 Å². The van der Waals surface area contributed by atoms with Gasteiger partial charge < -0.3 is 24.4 Å². The van der Waals surface area contributed by atoms with Gasteiger partial charge in [0.15, 0.2) is 11.5 Å². The zero-order valence-electron chi connectivity index (χ0n) is 20.0. The van der Waals surface area contributed by atoms with Crippen molar-refractivity contribution >= 4 is 0 Å². The molecule has 2 aliphatic rings. The molecule has 32 heavy (non-hydrogen) atoms. The minimum Gasteiger partial charge on any atom is -0.507 e. The van der Waals surface area contributed by atoms with Crippen molar-refractivity contribution in [3.05, 3.63) is 46.5 Å². The maximum atomic E-state index is 11.2. The Bertz CT molecular complexity index is 961. The third-order valence-corrected chi connectivity index (χ3v) is 6.29. The van der Waals surface area contributed by atoms with Crippen LogP contribution in [0.1, 0.15) is 69.8 Å². The highest BCUT2D eigenvalue weighted by Crippen LogP contribution is 2.46. The molecule has 2 aliphatic heterocycles. The van der Waals surface area contributed by atoms with E-state index in [0.717, 1.165) is 35.3 Å². The van der Waals surface area contributed by atoms with Crippen molar-refractivity contribution in [2.24, 2.45) is 0 Å². The van der Waals surface area contributed by atoms with Gasteiger partial charge in [0.25, 0.3) is 0 Å². The highest BCUT2D eigenvalue weighted by molar-refractivity contribution is 5.57. The molecule has 1 atom stereocenters. The lowest BCUT2D eigenvalue weighted by Gasteiger charge is -2.37. The molecule has 1 saturated heterocycles. The van der Waals surface area contributed by atoms with Gasteiger partial charge in [-0.25, -0.2) is 0 Å². The number of hydrogen-bond acceptors (Lipinski definition) is 6. The number of benzene rings is 2. The van der Waals surface area contributed by atoms with Crippen LogP contribution in [0.2, 0.25) is 0 Å². The van der Waals surface area contributed by atoms with E-state index in [4.69, 9.17) is 14.2 Å². The van der Waals surface area contributed by atoms with Crippen LogP contribution < -0.4 is 9.47 Å². The van der Waals surface area contributed by atoms with Crippen molar-refractivity contribution < 1.29 is 24.4 Å². The van der Waals surface area contributed by atoms with Gasteiger partial charge >= 0.3 is 0 Å². The lowest BCUT2D eigenvalue weighted by Crippen LogP contribution is -2.39. The predicted molar refractivity (Wildman–Crippen MR) is 124 cm³/mol. The van der Waals surface area contributed by atoms with Gasteiger partial charge in [-0.3, -0.25) is 4.90 Å². The Hall–Kier alpha value is -2.44. The summed E-state index contributed by atoms with van der Waals surface area (Å²) in [6, 6.07) is 7.50. The van der Waals surface area contributed by atoms with Crippen LogP contribution in [0.5, 0.6) is 23.0 Å². The summed E-state index contributed by atoms with van der Waals surface area (Å²) in [5, 5.41) is 22.2. The van der Waals surface area contributed by atoms with E-state index in [2.05, 4.69) is 58.6 Å². The van der Waals surface area contributed by atoms with E-state index in [0.29, 0.717) is 30.5 Å². The molecule has 0 aliphatic carbocycles. The highest BCUT2D eigenvalue weighted by Gasteiger charge is 2.33. The van der Waals surface area contributed by atoms with Crippen LogP contribution in [0.4, 0.5) is 0 Å². The number of phenols is 2. The molecule has 0 unspecified atom stereocenters. The smallest absolute Gasteiger partial charge is 0.231 e. The van der Waals surface area contributed by atoms with Gasteiger partial charge in [0.05, 0.1) is 19.3 Å². The Balaban J connectivity index is 1.94. The topological polar surface area (TPSA) is 71.4 Å². The van der Waals surface area contributed by atoms with Crippen LogP contribution in [0, 0.1) is 0 Å². The molecule has 2 aromatic carbocycles. The second-order valence-electron chi connectivity index (χ2n) is 10.8. The summed E-state index contributed by atoms with van der Waals surface area (Å²) in [4.78, 5) is 2.33. The summed E-state index contributed by atoms with van der Waals surface area (Å²) >= 11 is 0.